The van der Waals surface area contributed by atoms with Crippen LogP contribution >= 0.6 is 0 Å². The number of anilines is 1. The molecule has 0 radical (unpaired) electrons. The molecule has 31 heavy (non-hydrogen) atoms. The minimum atomic E-state index is -0.393. The highest BCUT2D eigenvalue weighted by atomic mass is 16.3. The molecule has 3 heterocycles. The summed E-state index contributed by atoms with van der Waals surface area (Å²) in [5.41, 5.74) is 3.81. The van der Waals surface area contributed by atoms with Crippen molar-refractivity contribution in [3.63, 3.8) is 0 Å². The van der Waals surface area contributed by atoms with Gasteiger partial charge in [-0.3, -0.25) is 4.79 Å². The highest BCUT2D eigenvalue weighted by Crippen LogP contribution is 2.22. The normalized spacial score (nSPS) is 11.3. The Kier molecular flexibility index (Phi) is 4.61. The molecule has 0 atom stereocenters. The second kappa shape index (κ2) is 7.58. The van der Waals surface area contributed by atoms with Crippen LogP contribution in [0.1, 0.15) is 21.5 Å². The van der Waals surface area contributed by atoms with E-state index < -0.39 is 5.69 Å². The van der Waals surface area contributed by atoms with Crippen molar-refractivity contribution in [3.8, 4) is 0 Å². The molecule has 0 spiro atoms. The second-order valence-corrected chi connectivity index (χ2v) is 7.29. The van der Waals surface area contributed by atoms with Gasteiger partial charge >= 0.3 is 5.69 Å². The fourth-order valence-electron chi connectivity index (χ4n) is 3.65. The highest BCUT2D eigenvalue weighted by Gasteiger charge is 2.14. The van der Waals surface area contributed by atoms with Crippen molar-refractivity contribution in [2.75, 3.05) is 5.32 Å². The van der Waals surface area contributed by atoms with Gasteiger partial charge in [0.1, 0.15) is 0 Å². The number of nitrogens with zero attached hydrogens (tertiary/aromatic N) is 3. The molecule has 0 aliphatic carbocycles. The molecule has 0 unspecified atom stereocenters. The van der Waals surface area contributed by atoms with Gasteiger partial charge in [-0.2, -0.15) is 5.10 Å². The van der Waals surface area contributed by atoms with Gasteiger partial charge in [-0.1, -0.05) is 30.3 Å². The van der Waals surface area contributed by atoms with Crippen LogP contribution in [0, 0.1) is 0 Å². The van der Waals surface area contributed by atoms with Crippen LogP contribution in [0.5, 0.6) is 0 Å². The number of benzene rings is 2. The van der Waals surface area contributed by atoms with E-state index in [0.717, 1.165) is 22.0 Å². The van der Waals surface area contributed by atoms with Crippen molar-refractivity contribution in [2.24, 2.45) is 0 Å². The van der Waals surface area contributed by atoms with Gasteiger partial charge in [-0.25, -0.2) is 14.3 Å². The third-order valence-electron chi connectivity index (χ3n) is 5.28. The second-order valence-electron chi connectivity index (χ2n) is 7.29. The molecule has 0 aliphatic heterocycles. The summed E-state index contributed by atoms with van der Waals surface area (Å²) in [6.45, 7) is 0.693. The number of nitrogens with one attached hydrogen (secondary N) is 2. The first-order valence-electron chi connectivity index (χ1n) is 9.77. The molecule has 8 heteroatoms. The number of H-pyrrole nitrogens is 1. The van der Waals surface area contributed by atoms with Crippen molar-refractivity contribution < 1.29 is 9.90 Å². The molecule has 3 aromatic heterocycles. The van der Waals surface area contributed by atoms with Crippen molar-refractivity contribution in [1.29, 1.82) is 0 Å². The Bertz CT molecular complexity index is 1460. The first kappa shape index (κ1) is 18.8. The van der Waals surface area contributed by atoms with E-state index in [1.54, 1.807) is 18.3 Å². The maximum absolute atomic E-state index is 12.8. The Morgan fingerprint density at radius 2 is 1.84 bits per heavy atom. The van der Waals surface area contributed by atoms with E-state index in [0.29, 0.717) is 17.8 Å². The number of aliphatic hydroxyl groups is 1. The first-order valence-corrected chi connectivity index (χ1v) is 9.77. The zero-order chi connectivity index (χ0) is 21.4. The van der Waals surface area contributed by atoms with Crippen LogP contribution in [0.15, 0.2) is 77.9 Å². The van der Waals surface area contributed by atoms with Gasteiger partial charge in [0.15, 0.2) is 5.65 Å². The molecule has 2 aromatic carbocycles. The summed E-state index contributed by atoms with van der Waals surface area (Å²) in [5, 5.41) is 19.5. The lowest BCUT2D eigenvalue weighted by Crippen LogP contribution is -2.15. The number of carbonyl (C=O) groups excluding carboxylic acids is 1. The molecule has 8 nitrogen and oxygen atoms in total. The largest absolute Gasteiger partial charge is 0.392 e. The minimum absolute atomic E-state index is 0.0242. The van der Waals surface area contributed by atoms with E-state index in [9.17, 15) is 14.7 Å². The van der Waals surface area contributed by atoms with Crippen molar-refractivity contribution in [1.82, 2.24) is 19.2 Å². The number of hydrogen-bond donors (Lipinski definition) is 3. The average Bonchev–Trinajstić information content (AvgIpc) is 3.37. The van der Waals surface area contributed by atoms with Crippen molar-refractivity contribution in [3.05, 3.63) is 100 Å². The van der Waals surface area contributed by atoms with E-state index in [-0.39, 0.29) is 18.2 Å². The number of aromatic nitrogens is 4. The predicted molar refractivity (Wildman–Crippen MR) is 117 cm³/mol. The molecular weight excluding hydrogens is 394 g/mol. The molecule has 3 N–H and O–H groups in total. The number of pyridine rings is 1. The van der Waals surface area contributed by atoms with Gasteiger partial charge in [-0.15, -0.1) is 0 Å². The Balaban J connectivity index is 1.43. The van der Waals surface area contributed by atoms with E-state index in [1.165, 1.54) is 4.40 Å². The lowest BCUT2D eigenvalue weighted by atomic mass is 10.1. The molecule has 0 saturated heterocycles. The topological polar surface area (TPSA) is 104 Å². The van der Waals surface area contributed by atoms with Crippen LogP contribution in [0.2, 0.25) is 0 Å². The molecule has 0 fully saturated rings. The van der Waals surface area contributed by atoms with Crippen LogP contribution in [0.4, 0.5) is 5.69 Å². The molecule has 154 valence electrons. The number of carbonyl (C=O) groups is 1. The highest BCUT2D eigenvalue weighted by molar-refractivity contribution is 6.08. The number of hydrogen-bond acceptors (Lipinski definition) is 4. The number of aromatic amines is 1. The molecule has 0 saturated carbocycles. The summed E-state index contributed by atoms with van der Waals surface area (Å²) in [5.74, 6) is -0.346. The van der Waals surface area contributed by atoms with E-state index >= 15 is 0 Å². The average molecular weight is 413 g/mol. The molecule has 1 amide bonds. The number of fused-ring (bicyclic) bond motifs is 2. The monoisotopic (exact) mass is 413 g/mol. The van der Waals surface area contributed by atoms with Crippen LogP contribution < -0.4 is 11.0 Å². The Labute approximate surface area is 176 Å². The summed E-state index contributed by atoms with van der Waals surface area (Å²) in [4.78, 5) is 24.6. The fraction of sp³-hybridized carbons (Fsp3) is 0.0870. The number of aliphatic hydroxyl groups excluding tert-OH is 1. The Morgan fingerprint density at radius 3 is 2.65 bits per heavy atom. The number of amides is 1. The van der Waals surface area contributed by atoms with Gasteiger partial charge in [-0.05, 0) is 46.8 Å². The van der Waals surface area contributed by atoms with Crippen LogP contribution in [0.3, 0.4) is 0 Å². The van der Waals surface area contributed by atoms with E-state index in [2.05, 4.69) is 20.1 Å². The lowest BCUT2D eigenvalue weighted by Gasteiger charge is -2.09. The van der Waals surface area contributed by atoms with Gasteiger partial charge in [0.2, 0.25) is 0 Å². The van der Waals surface area contributed by atoms with Gasteiger partial charge in [0.25, 0.3) is 5.91 Å². The van der Waals surface area contributed by atoms with Crippen molar-refractivity contribution >= 4 is 28.1 Å². The minimum Gasteiger partial charge on any atom is -0.392 e. The third-order valence-corrected chi connectivity index (χ3v) is 5.28. The zero-order valence-corrected chi connectivity index (χ0v) is 16.4. The Hall–Kier alpha value is -4.17. The smallest absolute Gasteiger partial charge is 0.347 e. The lowest BCUT2D eigenvalue weighted by molar-refractivity contribution is 0.102. The Morgan fingerprint density at radius 1 is 1.03 bits per heavy atom. The maximum Gasteiger partial charge on any atom is 0.347 e. The fourth-order valence-corrected chi connectivity index (χ4v) is 3.65. The first-order chi connectivity index (χ1) is 15.1. The standard InChI is InChI=1S/C23H19N5O3/c29-14-16-5-3-15(4-6-16)13-27-11-9-17-7-8-18(12-20(17)27)24-22(30)19-2-1-10-28-21(19)25-26-23(28)31/h1-12,29H,13-14H2,(H,24,30)(H,26,31). The quantitative estimate of drug-likeness (QED) is 0.412. The van der Waals surface area contributed by atoms with Gasteiger partial charge in [0, 0.05) is 24.6 Å². The molecule has 5 aromatic rings. The SMILES string of the molecule is O=C(Nc1ccc2ccn(Cc3ccc(CO)cc3)c2c1)c1cccn2c(=O)[nH]nc12. The molecule has 5 rings (SSSR count). The van der Waals surface area contributed by atoms with Crippen LogP contribution in [0.25, 0.3) is 16.6 Å². The summed E-state index contributed by atoms with van der Waals surface area (Å²) in [6.07, 6.45) is 3.57. The number of rotatable bonds is 5. The van der Waals surface area contributed by atoms with Crippen molar-refractivity contribution in [2.45, 2.75) is 13.2 Å². The zero-order valence-electron chi connectivity index (χ0n) is 16.4. The molecule has 0 bridgehead atoms. The van der Waals surface area contributed by atoms with E-state index in [1.807, 2.05) is 54.7 Å². The predicted octanol–water partition coefficient (Wildman–Crippen LogP) is 2.77. The third kappa shape index (κ3) is 3.49. The molecular formula is C23H19N5O3. The molecule has 0 aliphatic rings. The van der Waals surface area contributed by atoms with Crippen LogP contribution in [-0.2, 0) is 13.2 Å². The summed E-state index contributed by atoms with van der Waals surface area (Å²) in [7, 11) is 0. The van der Waals surface area contributed by atoms with Crippen LogP contribution in [-0.4, -0.2) is 30.2 Å². The van der Waals surface area contributed by atoms with E-state index in [4.69, 9.17) is 0 Å². The maximum atomic E-state index is 12.8. The summed E-state index contributed by atoms with van der Waals surface area (Å²) in [6, 6.07) is 18.8. The summed E-state index contributed by atoms with van der Waals surface area (Å²) >= 11 is 0. The van der Waals surface area contributed by atoms with Gasteiger partial charge in [0.05, 0.1) is 17.7 Å². The van der Waals surface area contributed by atoms with Gasteiger partial charge < -0.3 is 15.0 Å². The summed E-state index contributed by atoms with van der Waals surface area (Å²) < 4.78 is 3.40.